The Bertz CT molecular complexity index is 328. The molecular formula is C13H24N4. The third kappa shape index (κ3) is 3.53. The molecule has 96 valence electrons. The highest BCUT2D eigenvalue weighted by Crippen LogP contribution is 2.28. The van der Waals surface area contributed by atoms with Gasteiger partial charge < -0.3 is 5.73 Å². The first-order valence-electron chi connectivity index (χ1n) is 6.92. The molecule has 4 nitrogen and oxygen atoms in total. The maximum atomic E-state index is 6.23. The molecule has 1 aliphatic carbocycles. The first kappa shape index (κ1) is 12.6. The number of nitrogens with two attached hydrogens (primary N) is 1. The van der Waals surface area contributed by atoms with Gasteiger partial charge in [-0.15, -0.1) is 0 Å². The highest BCUT2D eigenvalue weighted by Gasteiger charge is 2.19. The average Bonchev–Trinajstić information content (AvgIpc) is 2.92. The van der Waals surface area contributed by atoms with E-state index in [-0.39, 0.29) is 6.04 Å². The monoisotopic (exact) mass is 236 g/mol. The molecule has 1 atom stereocenters. The highest BCUT2D eigenvalue weighted by molar-refractivity contribution is 4.90. The fourth-order valence-corrected chi connectivity index (χ4v) is 2.84. The van der Waals surface area contributed by atoms with Crippen molar-refractivity contribution < 1.29 is 0 Å². The first-order valence-corrected chi connectivity index (χ1v) is 6.92. The van der Waals surface area contributed by atoms with Gasteiger partial charge in [-0.3, -0.25) is 4.68 Å². The molecule has 2 N–H and O–H groups in total. The van der Waals surface area contributed by atoms with Gasteiger partial charge in [0.05, 0.1) is 0 Å². The molecule has 0 radical (unpaired) electrons. The van der Waals surface area contributed by atoms with Crippen molar-refractivity contribution in [1.82, 2.24) is 14.8 Å². The van der Waals surface area contributed by atoms with Crippen LogP contribution in [0.3, 0.4) is 0 Å². The minimum Gasteiger partial charge on any atom is -0.327 e. The van der Waals surface area contributed by atoms with Crippen LogP contribution in [0.5, 0.6) is 0 Å². The third-order valence-corrected chi connectivity index (χ3v) is 3.69. The smallest absolute Gasteiger partial charge is 0.138 e. The van der Waals surface area contributed by atoms with Gasteiger partial charge in [-0.25, -0.2) is 4.98 Å². The van der Waals surface area contributed by atoms with Gasteiger partial charge in [0, 0.05) is 19.0 Å². The normalized spacial score (nSPS) is 18.7. The number of aromatic nitrogens is 3. The van der Waals surface area contributed by atoms with E-state index in [1.165, 1.54) is 25.7 Å². The second-order valence-electron chi connectivity index (χ2n) is 5.25. The van der Waals surface area contributed by atoms with Gasteiger partial charge in [-0.1, -0.05) is 32.6 Å². The lowest BCUT2D eigenvalue weighted by atomic mass is 9.97. The number of rotatable bonds is 6. The van der Waals surface area contributed by atoms with E-state index in [1.807, 2.05) is 4.68 Å². The van der Waals surface area contributed by atoms with Crippen LogP contribution >= 0.6 is 0 Å². The summed E-state index contributed by atoms with van der Waals surface area (Å²) in [5, 5.41) is 4.24. The highest BCUT2D eigenvalue weighted by atomic mass is 15.3. The van der Waals surface area contributed by atoms with E-state index in [0.29, 0.717) is 0 Å². The zero-order valence-electron chi connectivity index (χ0n) is 10.8. The summed E-state index contributed by atoms with van der Waals surface area (Å²) in [6.45, 7) is 3.11. The molecule has 1 heterocycles. The SMILES string of the molecule is CCCn1ncnc1CC(N)CC1CCCC1. The Morgan fingerprint density at radius 3 is 2.94 bits per heavy atom. The van der Waals surface area contributed by atoms with Crippen LogP contribution in [0, 0.1) is 5.92 Å². The molecule has 1 aromatic heterocycles. The van der Waals surface area contributed by atoms with Crippen LogP contribution in [-0.4, -0.2) is 20.8 Å². The molecule has 0 aliphatic heterocycles. The Balaban J connectivity index is 1.83. The summed E-state index contributed by atoms with van der Waals surface area (Å²) in [5.41, 5.74) is 6.23. The van der Waals surface area contributed by atoms with Crippen molar-refractivity contribution in [3.05, 3.63) is 12.2 Å². The van der Waals surface area contributed by atoms with Gasteiger partial charge in [0.1, 0.15) is 12.2 Å². The first-order chi connectivity index (χ1) is 8.29. The average molecular weight is 236 g/mol. The molecule has 17 heavy (non-hydrogen) atoms. The topological polar surface area (TPSA) is 56.7 Å². The number of aryl methyl sites for hydroxylation is 1. The van der Waals surface area contributed by atoms with Crippen molar-refractivity contribution in [2.75, 3.05) is 0 Å². The Hall–Kier alpha value is -0.900. The lowest BCUT2D eigenvalue weighted by Gasteiger charge is -2.16. The molecule has 1 saturated carbocycles. The van der Waals surface area contributed by atoms with Gasteiger partial charge in [-0.2, -0.15) is 5.10 Å². The van der Waals surface area contributed by atoms with E-state index in [0.717, 1.165) is 37.5 Å². The van der Waals surface area contributed by atoms with E-state index in [9.17, 15) is 0 Å². The van der Waals surface area contributed by atoms with E-state index in [1.54, 1.807) is 6.33 Å². The summed E-state index contributed by atoms with van der Waals surface area (Å²) in [5.74, 6) is 1.91. The lowest BCUT2D eigenvalue weighted by Crippen LogP contribution is -2.27. The Morgan fingerprint density at radius 2 is 2.24 bits per heavy atom. The largest absolute Gasteiger partial charge is 0.327 e. The summed E-state index contributed by atoms with van der Waals surface area (Å²) in [6, 6.07) is 0.248. The molecule has 0 spiro atoms. The third-order valence-electron chi connectivity index (χ3n) is 3.69. The molecule has 1 aromatic rings. The Kier molecular flexibility index (Phi) is 4.54. The van der Waals surface area contributed by atoms with Crippen LogP contribution < -0.4 is 5.73 Å². The maximum absolute atomic E-state index is 6.23. The van der Waals surface area contributed by atoms with Crippen LogP contribution in [-0.2, 0) is 13.0 Å². The second-order valence-corrected chi connectivity index (χ2v) is 5.25. The molecule has 0 amide bonds. The van der Waals surface area contributed by atoms with Crippen molar-refractivity contribution in [3.63, 3.8) is 0 Å². The fraction of sp³-hybridized carbons (Fsp3) is 0.846. The van der Waals surface area contributed by atoms with Gasteiger partial charge >= 0.3 is 0 Å². The van der Waals surface area contributed by atoms with Crippen LogP contribution in [0.15, 0.2) is 6.33 Å². The molecule has 0 saturated heterocycles. The number of hydrogen-bond acceptors (Lipinski definition) is 3. The summed E-state index contributed by atoms with van der Waals surface area (Å²) in [7, 11) is 0. The fourth-order valence-electron chi connectivity index (χ4n) is 2.84. The molecule has 1 aliphatic rings. The standard InChI is InChI=1S/C13H24N4/c1-2-7-17-13(15-10-16-17)9-12(14)8-11-5-3-4-6-11/h10-12H,2-9,14H2,1H3. The van der Waals surface area contributed by atoms with Gasteiger partial charge in [0.2, 0.25) is 0 Å². The van der Waals surface area contributed by atoms with Gasteiger partial charge in [-0.05, 0) is 18.8 Å². The summed E-state index contributed by atoms with van der Waals surface area (Å²) in [4.78, 5) is 4.32. The van der Waals surface area contributed by atoms with E-state index < -0.39 is 0 Å². The van der Waals surface area contributed by atoms with Crippen LogP contribution in [0.2, 0.25) is 0 Å². The van der Waals surface area contributed by atoms with Crippen molar-refractivity contribution in [3.8, 4) is 0 Å². The van der Waals surface area contributed by atoms with E-state index in [4.69, 9.17) is 5.73 Å². The summed E-state index contributed by atoms with van der Waals surface area (Å²) < 4.78 is 1.99. The molecule has 2 rings (SSSR count). The van der Waals surface area contributed by atoms with Gasteiger partial charge in [0.25, 0.3) is 0 Å². The predicted molar refractivity (Wildman–Crippen MR) is 68.6 cm³/mol. The molecule has 0 aromatic carbocycles. The summed E-state index contributed by atoms with van der Waals surface area (Å²) >= 11 is 0. The molecule has 0 bridgehead atoms. The zero-order valence-corrected chi connectivity index (χ0v) is 10.8. The van der Waals surface area contributed by atoms with Crippen LogP contribution in [0.25, 0.3) is 0 Å². The molecule has 4 heteroatoms. The minimum absolute atomic E-state index is 0.248. The van der Waals surface area contributed by atoms with Crippen molar-refractivity contribution in [1.29, 1.82) is 0 Å². The maximum Gasteiger partial charge on any atom is 0.138 e. The molecule has 1 fully saturated rings. The van der Waals surface area contributed by atoms with E-state index in [2.05, 4.69) is 17.0 Å². The minimum atomic E-state index is 0.248. The van der Waals surface area contributed by atoms with E-state index >= 15 is 0 Å². The van der Waals surface area contributed by atoms with Crippen molar-refractivity contribution in [2.24, 2.45) is 11.7 Å². The summed E-state index contributed by atoms with van der Waals surface area (Å²) in [6.07, 6.45) is 10.3. The lowest BCUT2D eigenvalue weighted by molar-refractivity contribution is 0.428. The number of hydrogen-bond donors (Lipinski definition) is 1. The van der Waals surface area contributed by atoms with Gasteiger partial charge in [0.15, 0.2) is 0 Å². The predicted octanol–water partition coefficient (Wildman–Crippen LogP) is 2.14. The van der Waals surface area contributed by atoms with Crippen molar-refractivity contribution >= 4 is 0 Å². The van der Waals surface area contributed by atoms with Crippen LogP contribution in [0.4, 0.5) is 0 Å². The number of nitrogens with zero attached hydrogens (tertiary/aromatic N) is 3. The Labute approximate surface area is 104 Å². The molecular weight excluding hydrogens is 212 g/mol. The van der Waals surface area contributed by atoms with Crippen molar-refractivity contribution in [2.45, 2.75) is 64.5 Å². The van der Waals surface area contributed by atoms with Crippen LogP contribution in [0.1, 0.15) is 51.3 Å². The Morgan fingerprint density at radius 1 is 1.47 bits per heavy atom. The molecule has 1 unspecified atom stereocenters. The zero-order chi connectivity index (χ0) is 12.1. The second kappa shape index (κ2) is 6.15. The quantitative estimate of drug-likeness (QED) is 0.823.